The van der Waals surface area contributed by atoms with Gasteiger partial charge in [0.2, 0.25) is 0 Å². The van der Waals surface area contributed by atoms with Crippen LogP contribution in [0.2, 0.25) is 0 Å². The van der Waals surface area contributed by atoms with E-state index in [-0.39, 0.29) is 11.1 Å². The van der Waals surface area contributed by atoms with Crippen LogP contribution < -0.4 is 5.56 Å². The van der Waals surface area contributed by atoms with Crippen LogP contribution in [0.3, 0.4) is 0 Å². The summed E-state index contributed by atoms with van der Waals surface area (Å²) in [5, 5.41) is 9.73. The van der Waals surface area contributed by atoms with Gasteiger partial charge in [-0.25, -0.2) is 4.79 Å². The van der Waals surface area contributed by atoms with Crippen molar-refractivity contribution in [2.45, 2.75) is 19.9 Å². The first kappa shape index (κ1) is 12.8. The second kappa shape index (κ2) is 4.94. The van der Waals surface area contributed by atoms with Crippen LogP contribution in [0.15, 0.2) is 33.5 Å². The minimum atomic E-state index is -1.08. The number of aryl methyl sites for hydroxylation is 1. The molecule has 2 aromatic rings. The Morgan fingerprint density at radius 1 is 1.39 bits per heavy atom. The Kier molecular flexibility index (Phi) is 3.52. The van der Waals surface area contributed by atoms with Gasteiger partial charge in [0, 0.05) is 22.5 Å². The Bertz CT molecular complexity index is 676. The van der Waals surface area contributed by atoms with Gasteiger partial charge in [-0.1, -0.05) is 22.9 Å². The van der Waals surface area contributed by atoms with Gasteiger partial charge in [0.25, 0.3) is 5.56 Å². The van der Waals surface area contributed by atoms with Gasteiger partial charge >= 0.3 is 5.97 Å². The molecule has 0 radical (unpaired) electrons. The van der Waals surface area contributed by atoms with Gasteiger partial charge in [0.05, 0.1) is 11.1 Å². The van der Waals surface area contributed by atoms with E-state index in [0.717, 1.165) is 10.9 Å². The van der Waals surface area contributed by atoms with Crippen molar-refractivity contribution < 1.29 is 9.90 Å². The minimum Gasteiger partial charge on any atom is -0.478 e. The minimum absolute atomic E-state index is 0.0450. The first-order chi connectivity index (χ1) is 8.54. The lowest BCUT2D eigenvalue weighted by atomic mass is 10.1. The molecule has 1 aromatic carbocycles. The zero-order valence-corrected chi connectivity index (χ0v) is 11.4. The third-order valence-electron chi connectivity index (χ3n) is 2.75. The van der Waals surface area contributed by atoms with E-state index in [0.29, 0.717) is 17.4 Å². The van der Waals surface area contributed by atoms with Crippen molar-refractivity contribution in [2.75, 3.05) is 0 Å². The van der Waals surface area contributed by atoms with Crippen LogP contribution in [0.4, 0.5) is 0 Å². The summed E-state index contributed by atoms with van der Waals surface area (Å²) in [7, 11) is 0. The largest absolute Gasteiger partial charge is 0.478 e. The zero-order valence-electron chi connectivity index (χ0n) is 9.81. The molecule has 0 atom stereocenters. The van der Waals surface area contributed by atoms with Crippen molar-refractivity contribution in [2.24, 2.45) is 0 Å². The first-order valence-electron chi connectivity index (χ1n) is 5.61. The fraction of sp³-hybridized carbons (Fsp3) is 0.231. The molecule has 1 aromatic heterocycles. The Balaban J connectivity index is 2.90. The van der Waals surface area contributed by atoms with Crippen molar-refractivity contribution in [3.05, 3.63) is 44.7 Å². The number of pyridine rings is 1. The summed E-state index contributed by atoms with van der Waals surface area (Å²) >= 11 is 3.32. The molecule has 0 aliphatic carbocycles. The molecule has 0 unspecified atom stereocenters. The molecule has 1 N–H and O–H groups in total. The number of benzene rings is 1. The van der Waals surface area contributed by atoms with Crippen LogP contribution in [0.5, 0.6) is 0 Å². The third-order valence-corrected chi connectivity index (χ3v) is 3.24. The Morgan fingerprint density at radius 2 is 2.11 bits per heavy atom. The molecule has 5 heteroatoms. The van der Waals surface area contributed by atoms with E-state index in [4.69, 9.17) is 5.11 Å². The van der Waals surface area contributed by atoms with Gasteiger partial charge < -0.3 is 9.67 Å². The molecular weight excluding hydrogens is 298 g/mol. The van der Waals surface area contributed by atoms with Gasteiger partial charge in [-0.05, 0) is 24.6 Å². The Morgan fingerprint density at radius 3 is 2.72 bits per heavy atom. The summed E-state index contributed by atoms with van der Waals surface area (Å²) in [5.41, 5.74) is 0.428. The van der Waals surface area contributed by atoms with Crippen molar-refractivity contribution in [1.29, 1.82) is 0 Å². The predicted molar refractivity (Wildman–Crippen MR) is 73.2 cm³/mol. The van der Waals surface area contributed by atoms with E-state index < -0.39 is 5.97 Å². The maximum absolute atomic E-state index is 11.9. The van der Waals surface area contributed by atoms with E-state index in [1.54, 1.807) is 22.8 Å². The highest BCUT2D eigenvalue weighted by atomic mass is 79.9. The molecule has 18 heavy (non-hydrogen) atoms. The molecule has 4 nitrogen and oxygen atoms in total. The molecule has 0 amide bonds. The fourth-order valence-corrected chi connectivity index (χ4v) is 2.35. The molecule has 2 rings (SSSR count). The SMILES string of the molecule is CCCn1c(=O)cc(C(=O)O)c2cc(Br)ccc21. The van der Waals surface area contributed by atoms with Crippen LogP contribution in [-0.2, 0) is 6.54 Å². The van der Waals surface area contributed by atoms with Crippen LogP contribution in [0.1, 0.15) is 23.7 Å². The molecule has 0 aliphatic heterocycles. The molecule has 0 saturated carbocycles. The molecule has 0 saturated heterocycles. The average Bonchev–Trinajstić information content (AvgIpc) is 2.32. The quantitative estimate of drug-likeness (QED) is 0.948. The number of hydrogen-bond acceptors (Lipinski definition) is 2. The van der Waals surface area contributed by atoms with Crippen LogP contribution in [0.25, 0.3) is 10.9 Å². The van der Waals surface area contributed by atoms with Crippen molar-refractivity contribution >= 4 is 32.8 Å². The highest BCUT2D eigenvalue weighted by Crippen LogP contribution is 2.22. The van der Waals surface area contributed by atoms with Crippen molar-refractivity contribution in [1.82, 2.24) is 4.57 Å². The lowest BCUT2D eigenvalue weighted by molar-refractivity contribution is 0.0698. The molecular formula is C13H12BrNO3. The number of carboxylic acids is 1. The highest BCUT2D eigenvalue weighted by molar-refractivity contribution is 9.10. The van der Waals surface area contributed by atoms with Crippen LogP contribution >= 0.6 is 15.9 Å². The van der Waals surface area contributed by atoms with Crippen LogP contribution in [-0.4, -0.2) is 15.6 Å². The Hall–Kier alpha value is -1.62. The second-order valence-electron chi connectivity index (χ2n) is 4.01. The number of carboxylic acid groups (broad SMARTS) is 1. The van der Waals surface area contributed by atoms with Gasteiger partial charge in [-0.2, -0.15) is 0 Å². The topological polar surface area (TPSA) is 59.3 Å². The number of aromatic carboxylic acids is 1. The molecule has 0 aliphatic rings. The van der Waals surface area contributed by atoms with Crippen LogP contribution in [0, 0.1) is 0 Å². The lowest BCUT2D eigenvalue weighted by Crippen LogP contribution is -2.21. The van der Waals surface area contributed by atoms with Gasteiger partial charge in [0.1, 0.15) is 0 Å². The average molecular weight is 310 g/mol. The van der Waals surface area contributed by atoms with Gasteiger partial charge in [0.15, 0.2) is 0 Å². The van der Waals surface area contributed by atoms with E-state index >= 15 is 0 Å². The van der Waals surface area contributed by atoms with E-state index in [1.165, 1.54) is 6.07 Å². The summed E-state index contributed by atoms with van der Waals surface area (Å²) in [6.45, 7) is 2.55. The zero-order chi connectivity index (χ0) is 13.3. The molecule has 0 fully saturated rings. The van der Waals surface area contributed by atoms with Gasteiger partial charge in [-0.3, -0.25) is 4.79 Å². The molecule has 94 valence electrons. The number of fused-ring (bicyclic) bond motifs is 1. The highest BCUT2D eigenvalue weighted by Gasteiger charge is 2.13. The number of hydrogen-bond donors (Lipinski definition) is 1. The maximum atomic E-state index is 11.9. The monoisotopic (exact) mass is 309 g/mol. The van der Waals surface area contributed by atoms with E-state index in [1.807, 2.05) is 6.92 Å². The Labute approximate surface area is 112 Å². The fourth-order valence-electron chi connectivity index (χ4n) is 1.99. The summed E-state index contributed by atoms with van der Waals surface area (Å²) < 4.78 is 2.40. The number of nitrogens with zero attached hydrogens (tertiary/aromatic N) is 1. The maximum Gasteiger partial charge on any atom is 0.336 e. The molecule has 0 spiro atoms. The summed E-state index contributed by atoms with van der Waals surface area (Å²) in [4.78, 5) is 23.1. The van der Waals surface area contributed by atoms with E-state index in [2.05, 4.69) is 15.9 Å². The summed E-state index contributed by atoms with van der Waals surface area (Å²) in [6.07, 6.45) is 0.817. The second-order valence-corrected chi connectivity index (χ2v) is 4.93. The number of halogens is 1. The standard InChI is InChI=1S/C13H12BrNO3/c1-2-5-15-11-4-3-8(14)6-9(11)10(13(17)18)7-12(15)16/h3-4,6-7H,2,5H2,1H3,(H,17,18). The smallest absolute Gasteiger partial charge is 0.336 e. The molecule has 1 heterocycles. The third kappa shape index (κ3) is 2.18. The van der Waals surface area contributed by atoms with Crippen molar-refractivity contribution in [3.63, 3.8) is 0 Å². The number of rotatable bonds is 3. The van der Waals surface area contributed by atoms with Crippen molar-refractivity contribution in [3.8, 4) is 0 Å². The normalized spacial score (nSPS) is 10.8. The number of aromatic nitrogens is 1. The number of carbonyl (C=O) groups is 1. The first-order valence-corrected chi connectivity index (χ1v) is 6.40. The predicted octanol–water partition coefficient (Wildman–Crippen LogP) is 2.87. The summed E-state index contributed by atoms with van der Waals surface area (Å²) in [5.74, 6) is -1.08. The van der Waals surface area contributed by atoms with Gasteiger partial charge in [-0.15, -0.1) is 0 Å². The molecule has 0 bridgehead atoms. The van der Waals surface area contributed by atoms with E-state index in [9.17, 15) is 9.59 Å². The summed E-state index contributed by atoms with van der Waals surface area (Å²) in [6, 6.07) is 6.49. The lowest BCUT2D eigenvalue weighted by Gasteiger charge is -2.11.